The van der Waals surface area contributed by atoms with E-state index in [2.05, 4.69) is 16.4 Å². The second kappa shape index (κ2) is 6.97. The fourth-order valence-electron chi connectivity index (χ4n) is 2.74. The molecule has 0 spiro atoms. The van der Waals surface area contributed by atoms with Gasteiger partial charge in [0, 0.05) is 27.4 Å². The number of fused-ring (bicyclic) bond motifs is 2. The zero-order valence-electron chi connectivity index (χ0n) is 14.3. The highest BCUT2D eigenvalue weighted by Gasteiger charge is 2.13. The Balaban J connectivity index is 1.67. The predicted octanol–water partition coefficient (Wildman–Crippen LogP) is 5.43. The van der Waals surface area contributed by atoms with Crippen molar-refractivity contribution in [2.24, 2.45) is 0 Å². The number of thiophene rings is 1. The van der Waals surface area contributed by atoms with Crippen LogP contribution in [0.4, 0.5) is 5.69 Å². The first-order valence-corrected chi connectivity index (χ1v) is 10.0. The van der Waals surface area contributed by atoms with Gasteiger partial charge in [-0.05, 0) is 48.7 Å². The number of nitrogens with zero attached hydrogens (tertiary/aromatic N) is 1. The van der Waals surface area contributed by atoms with Crippen molar-refractivity contribution < 1.29 is 9.53 Å². The van der Waals surface area contributed by atoms with E-state index >= 15 is 0 Å². The Bertz CT molecular complexity index is 1120. The third kappa shape index (κ3) is 3.25. The summed E-state index contributed by atoms with van der Waals surface area (Å²) in [6.07, 6.45) is 2.01. The van der Waals surface area contributed by atoms with E-state index in [0.717, 1.165) is 37.5 Å². The van der Waals surface area contributed by atoms with E-state index in [1.807, 2.05) is 54.8 Å². The summed E-state index contributed by atoms with van der Waals surface area (Å²) in [5.74, 6) is 0.653. The number of hydrogen-bond donors (Lipinski definition) is 1. The van der Waals surface area contributed by atoms with Crippen LogP contribution in [0.3, 0.4) is 0 Å². The monoisotopic (exact) mass is 380 g/mol. The Kier molecular flexibility index (Phi) is 4.53. The Labute approximate surface area is 159 Å². The number of anilines is 1. The van der Waals surface area contributed by atoms with Gasteiger partial charge in [0.25, 0.3) is 5.91 Å². The fraction of sp³-hybridized carbons (Fsp3) is 0.100. The van der Waals surface area contributed by atoms with Gasteiger partial charge in [0.2, 0.25) is 0 Å². The number of aromatic nitrogens is 1. The summed E-state index contributed by atoms with van der Waals surface area (Å²) in [4.78, 5) is 19.9. The lowest BCUT2D eigenvalue weighted by atomic mass is 10.2. The summed E-state index contributed by atoms with van der Waals surface area (Å²) in [5.41, 5.74) is 1.65. The molecule has 0 saturated carbocycles. The molecular weight excluding hydrogens is 364 g/mol. The number of benzene rings is 2. The lowest BCUT2D eigenvalue weighted by Gasteiger charge is -2.04. The van der Waals surface area contributed by atoms with E-state index in [-0.39, 0.29) is 5.91 Å². The van der Waals surface area contributed by atoms with Gasteiger partial charge in [0.15, 0.2) is 0 Å². The maximum Gasteiger partial charge on any atom is 0.265 e. The van der Waals surface area contributed by atoms with Gasteiger partial charge >= 0.3 is 0 Å². The topological polar surface area (TPSA) is 51.2 Å². The maximum absolute atomic E-state index is 12.6. The summed E-state index contributed by atoms with van der Waals surface area (Å²) in [6, 6.07) is 17.6. The number of rotatable bonds is 4. The summed E-state index contributed by atoms with van der Waals surface area (Å²) in [5, 5.41) is 4.96. The smallest absolute Gasteiger partial charge is 0.265 e. The quantitative estimate of drug-likeness (QED) is 0.480. The SMILES string of the molecule is COc1ccc2cc3cc(C(=O)Nc4cccc(SC)c4)sc3nc2c1. The molecule has 26 heavy (non-hydrogen) atoms. The predicted molar refractivity (Wildman–Crippen MR) is 110 cm³/mol. The van der Waals surface area contributed by atoms with Crippen molar-refractivity contribution in [1.82, 2.24) is 4.98 Å². The van der Waals surface area contributed by atoms with Gasteiger partial charge in [-0.3, -0.25) is 4.79 Å². The van der Waals surface area contributed by atoms with Gasteiger partial charge < -0.3 is 10.1 Å². The number of nitrogens with one attached hydrogen (secondary N) is 1. The average molecular weight is 380 g/mol. The summed E-state index contributed by atoms with van der Waals surface area (Å²) in [7, 11) is 1.64. The molecule has 4 rings (SSSR count). The summed E-state index contributed by atoms with van der Waals surface area (Å²) < 4.78 is 5.26. The maximum atomic E-state index is 12.6. The highest BCUT2D eigenvalue weighted by Crippen LogP contribution is 2.29. The molecular formula is C20H16N2O2S2. The number of thioether (sulfide) groups is 1. The van der Waals surface area contributed by atoms with Gasteiger partial charge in [0.1, 0.15) is 10.6 Å². The Morgan fingerprint density at radius 1 is 1.12 bits per heavy atom. The van der Waals surface area contributed by atoms with Crippen LogP contribution in [-0.2, 0) is 0 Å². The number of methoxy groups -OCH3 is 1. The van der Waals surface area contributed by atoms with Crippen LogP contribution in [0.5, 0.6) is 5.75 Å². The third-order valence-corrected chi connectivity index (χ3v) is 5.83. The van der Waals surface area contributed by atoms with E-state index < -0.39 is 0 Å². The molecule has 0 aliphatic heterocycles. The van der Waals surface area contributed by atoms with Gasteiger partial charge in [0.05, 0.1) is 17.5 Å². The van der Waals surface area contributed by atoms with E-state index in [9.17, 15) is 4.79 Å². The van der Waals surface area contributed by atoms with Crippen LogP contribution in [0.25, 0.3) is 21.1 Å². The number of carbonyl (C=O) groups is 1. The summed E-state index contributed by atoms with van der Waals surface area (Å²) in [6.45, 7) is 0. The van der Waals surface area contributed by atoms with Crippen molar-refractivity contribution in [3.63, 3.8) is 0 Å². The zero-order valence-corrected chi connectivity index (χ0v) is 15.9. The first-order chi connectivity index (χ1) is 12.7. The summed E-state index contributed by atoms with van der Waals surface area (Å²) >= 11 is 3.04. The second-order valence-electron chi connectivity index (χ2n) is 5.74. The molecule has 2 heterocycles. The molecule has 4 nitrogen and oxygen atoms in total. The van der Waals surface area contributed by atoms with E-state index in [1.165, 1.54) is 11.3 Å². The van der Waals surface area contributed by atoms with Crippen LogP contribution in [0, 0.1) is 0 Å². The average Bonchev–Trinajstić information content (AvgIpc) is 3.08. The molecule has 1 amide bonds. The fourth-order valence-corrected chi connectivity index (χ4v) is 4.12. The Morgan fingerprint density at radius 2 is 2.00 bits per heavy atom. The highest BCUT2D eigenvalue weighted by molar-refractivity contribution is 7.98. The number of ether oxygens (including phenoxy) is 1. The number of pyridine rings is 1. The molecule has 1 N–H and O–H groups in total. The zero-order chi connectivity index (χ0) is 18.1. The molecule has 0 fully saturated rings. The second-order valence-corrected chi connectivity index (χ2v) is 7.65. The molecule has 0 bridgehead atoms. The van der Waals surface area contributed by atoms with Crippen LogP contribution in [-0.4, -0.2) is 24.3 Å². The molecule has 0 atom stereocenters. The molecule has 0 aliphatic rings. The minimum absolute atomic E-state index is 0.118. The van der Waals surface area contributed by atoms with Gasteiger partial charge in [-0.2, -0.15) is 0 Å². The van der Waals surface area contributed by atoms with Crippen LogP contribution < -0.4 is 10.1 Å². The minimum atomic E-state index is -0.118. The van der Waals surface area contributed by atoms with Crippen LogP contribution in [0.1, 0.15) is 9.67 Å². The molecule has 0 saturated heterocycles. The van der Waals surface area contributed by atoms with Crippen molar-refractivity contribution >= 4 is 55.8 Å². The van der Waals surface area contributed by atoms with Crippen molar-refractivity contribution in [2.45, 2.75) is 4.90 Å². The van der Waals surface area contributed by atoms with Crippen molar-refractivity contribution in [2.75, 3.05) is 18.7 Å². The van der Waals surface area contributed by atoms with E-state index in [0.29, 0.717) is 4.88 Å². The van der Waals surface area contributed by atoms with Crippen molar-refractivity contribution in [1.29, 1.82) is 0 Å². The first kappa shape index (κ1) is 16.9. The molecule has 0 aliphatic carbocycles. The molecule has 4 aromatic rings. The lowest BCUT2D eigenvalue weighted by molar-refractivity contribution is 0.103. The number of hydrogen-bond acceptors (Lipinski definition) is 5. The molecule has 6 heteroatoms. The largest absolute Gasteiger partial charge is 0.497 e. The molecule has 2 aromatic heterocycles. The molecule has 130 valence electrons. The van der Waals surface area contributed by atoms with Crippen LogP contribution in [0.2, 0.25) is 0 Å². The molecule has 0 radical (unpaired) electrons. The van der Waals surface area contributed by atoms with Crippen molar-refractivity contribution in [3.05, 3.63) is 59.5 Å². The number of carbonyl (C=O) groups excluding carboxylic acids is 1. The Hall–Kier alpha value is -2.57. The Morgan fingerprint density at radius 3 is 2.81 bits per heavy atom. The van der Waals surface area contributed by atoms with Gasteiger partial charge in [-0.25, -0.2) is 4.98 Å². The van der Waals surface area contributed by atoms with Crippen molar-refractivity contribution in [3.8, 4) is 5.75 Å². The molecule has 2 aromatic carbocycles. The standard InChI is InChI=1S/C20H16N2O2S2/c1-24-15-7-6-12-8-13-9-18(26-20(13)22-17(12)11-15)19(23)21-14-4-3-5-16(10-14)25-2/h3-11H,1-2H3,(H,21,23). The molecule has 0 unspecified atom stereocenters. The van der Waals surface area contributed by atoms with Crippen LogP contribution in [0.15, 0.2) is 59.5 Å². The first-order valence-electron chi connectivity index (χ1n) is 8.00. The van der Waals surface area contributed by atoms with Gasteiger partial charge in [-0.15, -0.1) is 23.1 Å². The third-order valence-electron chi connectivity index (χ3n) is 4.06. The number of amides is 1. The lowest BCUT2D eigenvalue weighted by Crippen LogP contribution is -2.09. The normalized spacial score (nSPS) is 11.0. The highest BCUT2D eigenvalue weighted by atomic mass is 32.2. The van der Waals surface area contributed by atoms with Gasteiger partial charge in [-0.1, -0.05) is 6.07 Å². The van der Waals surface area contributed by atoms with Crippen LogP contribution >= 0.6 is 23.1 Å². The minimum Gasteiger partial charge on any atom is -0.497 e. The van der Waals surface area contributed by atoms with E-state index in [4.69, 9.17) is 4.74 Å². The van der Waals surface area contributed by atoms with E-state index in [1.54, 1.807) is 18.9 Å².